The van der Waals surface area contributed by atoms with E-state index in [0.29, 0.717) is 6.54 Å². The van der Waals surface area contributed by atoms with Gasteiger partial charge in [-0.15, -0.1) is 0 Å². The van der Waals surface area contributed by atoms with E-state index in [4.69, 9.17) is 0 Å². The van der Waals surface area contributed by atoms with Crippen molar-refractivity contribution in [3.63, 3.8) is 0 Å². The smallest absolute Gasteiger partial charge is 0.144 e. The monoisotopic (exact) mass is 195 g/mol. The predicted octanol–water partition coefficient (Wildman–Crippen LogP) is 1.28. The van der Waals surface area contributed by atoms with E-state index in [1.807, 2.05) is 20.8 Å². The van der Waals surface area contributed by atoms with Crippen molar-refractivity contribution < 1.29 is 5.11 Å². The van der Waals surface area contributed by atoms with Crippen molar-refractivity contribution in [2.45, 2.75) is 33.3 Å². The number of hydrogen-bond donors (Lipinski definition) is 2. The van der Waals surface area contributed by atoms with Crippen LogP contribution in [0, 0.1) is 13.8 Å². The number of aliphatic hydroxyl groups excluding tert-OH is 1. The predicted molar refractivity (Wildman–Crippen MR) is 56.3 cm³/mol. The minimum absolute atomic E-state index is 0.321. The fraction of sp³-hybridized carbons (Fsp3) is 0.600. The number of nitrogens with one attached hydrogen (secondary N) is 1. The molecular formula is C10H17N3O. The van der Waals surface area contributed by atoms with Gasteiger partial charge in [-0.1, -0.05) is 6.92 Å². The highest BCUT2D eigenvalue weighted by atomic mass is 16.3. The summed E-state index contributed by atoms with van der Waals surface area (Å²) >= 11 is 0. The van der Waals surface area contributed by atoms with Crippen LogP contribution >= 0.6 is 0 Å². The summed E-state index contributed by atoms with van der Waals surface area (Å²) in [7, 11) is 0. The van der Waals surface area contributed by atoms with Crippen LogP contribution in [0.5, 0.6) is 0 Å². The molecule has 0 spiro atoms. The van der Waals surface area contributed by atoms with Gasteiger partial charge in [-0.2, -0.15) is 0 Å². The lowest BCUT2D eigenvalue weighted by Gasteiger charge is -2.10. The van der Waals surface area contributed by atoms with Gasteiger partial charge in [-0.05, 0) is 20.3 Å². The number of aryl methyl sites for hydroxylation is 2. The van der Waals surface area contributed by atoms with E-state index in [0.717, 1.165) is 23.6 Å². The average Bonchev–Trinajstić information content (AvgIpc) is 2.19. The summed E-state index contributed by atoms with van der Waals surface area (Å²) in [6, 6.07) is 0. The maximum absolute atomic E-state index is 9.33. The first-order valence-corrected chi connectivity index (χ1v) is 4.85. The molecule has 0 saturated heterocycles. The van der Waals surface area contributed by atoms with Crippen LogP contribution in [-0.4, -0.2) is 27.7 Å². The SMILES string of the molecule is CCC(O)CNc1cnc(C)c(C)n1. The zero-order valence-corrected chi connectivity index (χ0v) is 8.91. The third-order valence-electron chi connectivity index (χ3n) is 2.18. The van der Waals surface area contributed by atoms with Gasteiger partial charge in [-0.3, -0.25) is 4.98 Å². The standard InChI is InChI=1S/C10H17N3O/c1-4-9(14)5-12-10-6-11-7(2)8(3)13-10/h6,9,14H,4-5H2,1-3H3,(H,12,13). The fourth-order valence-corrected chi connectivity index (χ4v) is 0.994. The molecular weight excluding hydrogens is 178 g/mol. The number of hydrogen-bond acceptors (Lipinski definition) is 4. The molecule has 0 bridgehead atoms. The van der Waals surface area contributed by atoms with Gasteiger partial charge < -0.3 is 10.4 Å². The zero-order chi connectivity index (χ0) is 10.6. The Morgan fingerprint density at radius 2 is 2.14 bits per heavy atom. The van der Waals surface area contributed by atoms with Crippen LogP contribution in [-0.2, 0) is 0 Å². The summed E-state index contributed by atoms with van der Waals surface area (Å²) in [6.07, 6.45) is 2.11. The van der Waals surface area contributed by atoms with E-state index >= 15 is 0 Å². The largest absolute Gasteiger partial charge is 0.391 e. The van der Waals surface area contributed by atoms with E-state index in [1.54, 1.807) is 6.20 Å². The van der Waals surface area contributed by atoms with Crippen LogP contribution in [0.2, 0.25) is 0 Å². The lowest BCUT2D eigenvalue weighted by Crippen LogP contribution is -2.19. The van der Waals surface area contributed by atoms with Crippen molar-refractivity contribution in [1.29, 1.82) is 0 Å². The van der Waals surface area contributed by atoms with E-state index < -0.39 is 0 Å². The Kier molecular flexibility index (Phi) is 3.83. The summed E-state index contributed by atoms with van der Waals surface area (Å²) in [5, 5.41) is 12.4. The van der Waals surface area contributed by atoms with Crippen molar-refractivity contribution in [2.24, 2.45) is 0 Å². The summed E-state index contributed by atoms with van der Waals surface area (Å²) in [5.74, 6) is 0.723. The van der Waals surface area contributed by atoms with Crippen LogP contribution in [0.4, 0.5) is 5.82 Å². The second-order valence-corrected chi connectivity index (χ2v) is 3.37. The van der Waals surface area contributed by atoms with Crippen molar-refractivity contribution in [3.8, 4) is 0 Å². The molecule has 78 valence electrons. The molecule has 0 aromatic carbocycles. The van der Waals surface area contributed by atoms with Crippen molar-refractivity contribution >= 4 is 5.82 Å². The lowest BCUT2D eigenvalue weighted by atomic mass is 10.3. The lowest BCUT2D eigenvalue weighted by molar-refractivity contribution is 0.183. The van der Waals surface area contributed by atoms with Gasteiger partial charge in [0.1, 0.15) is 5.82 Å². The summed E-state index contributed by atoms with van der Waals surface area (Å²) < 4.78 is 0. The second kappa shape index (κ2) is 4.91. The molecule has 0 aliphatic carbocycles. The highest BCUT2D eigenvalue weighted by Crippen LogP contribution is 2.05. The highest BCUT2D eigenvalue weighted by molar-refractivity contribution is 5.33. The minimum atomic E-state index is -0.321. The number of anilines is 1. The first-order chi connectivity index (χ1) is 6.63. The highest BCUT2D eigenvalue weighted by Gasteiger charge is 2.02. The Balaban J connectivity index is 2.55. The molecule has 1 unspecified atom stereocenters. The van der Waals surface area contributed by atoms with Crippen molar-refractivity contribution in [2.75, 3.05) is 11.9 Å². The maximum Gasteiger partial charge on any atom is 0.144 e. The van der Waals surface area contributed by atoms with Crippen molar-refractivity contribution in [1.82, 2.24) is 9.97 Å². The van der Waals surface area contributed by atoms with Crippen molar-refractivity contribution in [3.05, 3.63) is 17.6 Å². The van der Waals surface area contributed by atoms with Crippen LogP contribution in [0.3, 0.4) is 0 Å². The second-order valence-electron chi connectivity index (χ2n) is 3.37. The van der Waals surface area contributed by atoms with Gasteiger partial charge in [0.05, 0.1) is 23.7 Å². The van der Waals surface area contributed by atoms with E-state index in [1.165, 1.54) is 0 Å². The Morgan fingerprint density at radius 1 is 1.43 bits per heavy atom. The number of aliphatic hydroxyl groups is 1. The number of aromatic nitrogens is 2. The van der Waals surface area contributed by atoms with E-state index in [9.17, 15) is 5.11 Å². The minimum Gasteiger partial charge on any atom is -0.391 e. The summed E-state index contributed by atoms with van der Waals surface area (Å²) in [6.45, 7) is 6.31. The molecule has 14 heavy (non-hydrogen) atoms. The molecule has 0 aliphatic rings. The van der Waals surface area contributed by atoms with Crippen LogP contribution in [0.25, 0.3) is 0 Å². The van der Waals surface area contributed by atoms with Gasteiger partial charge >= 0.3 is 0 Å². The first kappa shape index (κ1) is 10.9. The molecule has 1 atom stereocenters. The summed E-state index contributed by atoms with van der Waals surface area (Å²) in [5.41, 5.74) is 1.85. The van der Waals surface area contributed by atoms with Gasteiger partial charge in [0.15, 0.2) is 0 Å². The molecule has 1 heterocycles. The van der Waals surface area contributed by atoms with E-state index in [2.05, 4.69) is 15.3 Å². The van der Waals surface area contributed by atoms with Gasteiger partial charge in [0.2, 0.25) is 0 Å². The van der Waals surface area contributed by atoms with Crippen LogP contribution < -0.4 is 5.32 Å². The molecule has 4 heteroatoms. The fourth-order valence-electron chi connectivity index (χ4n) is 0.994. The molecule has 0 saturated carbocycles. The van der Waals surface area contributed by atoms with Gasteiger partial charge in [0.25, 0.3) is 0 Å². The van der Waals surface area contributed by atoms with E-state index in [-0.39, 0.29) is 6.10 Å². The molecule has 1 rings (SSSR count). The third-order valence-corrected chi connectivity index (χ3v) is 2.18. The molecule has 0 amide bonds. The van der Waals surface area contributed by atoms with Crippen LogP contribution in [0.1, 0.15) is 24.7 Å². The first-order valence-electron chi connectivity index (χ1n) is 4.85. The maximum atomic E-state index is 9.33. The molecule has 1 aromatic rings. The quantitative estimate of drug-likeness (QED) is 0.759. The molecule has 4 nitrogen and oxygen atoms in total. The zero-order valence-electron chi connectivity index (χ0n) is 8.91. The molecule has 0 radical (unpaired) electrons. The average molecular weight is 195 g/mol. The van der Waals surface area contributed by atoms with Gasteiger partial charge in [-0.25, -0.2) is 4.98 Å². The molecule has 0 aliphatic heterocycles. The number of nitrogens with zero attached hydrogens (tertiary/aromatic N) is 2. The Bertz CT molecular complexity index is 301. The van der Waals surface area contributed by atoms with Gasteiger partial charge in [0, 0.05) is 6.54 Å². The molecule has 1 aromatic heterocycles. The third kappa shape index (κ3) is 2.96. The molecule has 0 fully saturated rings. The Morgan fingerprint density at radius 3 is 2.71 bits per heavy atom. The Labute approximate surface area is 84.4 Å². The summed E-state index contributed by atoms with van der Waals surface area (Å²) in [4.78, 5) is 8.47. The Hall–Kier alpha value is -1.16. The number of rotatable bonds is 4. The topological polar surface area (TPSA) is 58.0 Å². The van der Waals surface area contributed by atoms with Crippen LogP contribution in [0.15, 0.2) is 6.20 Å². The molecule has 2 N–H and O–H groups in total. The normalized spacial score (nSPS) is 12.6.